The molecule has 106 valence electrons. The molecule has 3 N–H and O–H groups in total. The zero-order valence-electron chi connectivity index (χ0n) is 11.3. The highest BCUT2D eigenvalue weighted by molar-refractivity contribution is 9.10. The quantitative estimate of drug-likeness (QED) is 0.782. The molecule has 0 aliphatic heterocycles. The van der Waals surface area contributed by atoms with E-state index in [0.717, 1.165) is 16.5 Å². The minimum absolute atomic E-state index is 0.0779. The minimum Gasteiger partial charge on any atom is -0.508 e. The summed E-state index contributed by atoms with van der Waals surface area (Å²) in [6.07, 6.45) is 0.923. The van der Waals surface area contributed by atoms with Crippen LogP contribution in [-0.2, 0) is 13.0 Å². The molecule has 3 nitrogen and oxygen atoms in total. The lowest BCUT2D eigenvalue weighted by atomic mass is 10.1. The Kier molecular flexibility index (Phi) is 5.04. The molecule has 0 aliphatic rings. The molecule has 0 fully saturated rings. The van der Waals surface area contributed by atoms with Crippen LogP contribution in [0.4, 0.5) is 0 Å². The summed E-state index contributed by atoms with van der Waals surface area (Å²) in [6, 6.07) is 13.2. The zero-order valence-corrected chi connectivity index (χ0v) is 12.9. The predicted octanol–water partition coefficient (Wildman–Crippen LogP) is 3.58. The lowest BCUT2D eigenvalue weighted by molar-refractivity contribution is 0.440. The van der Waals surface area contributed by atoms with E-state index in [9.17, 15) is 10.2 Å². The number of phenolic OH excluding ortho intramolecular Hbond substituents is 2. The molecule has 20 heavy (non-hydrogen) atoms. The molecule has 0 spiro atoms. The molecule has 0 saturated heterocycles. The number of aromatic hydroxyl groups is 2. The monoisotopic (exact) mass is 335 g/mol. The molecule has 0 aromatic heterocycles. The Morgan fingerprint density at radius 3 is 2.45 bits per heavy atom. The molecule has 0 heterocycles. The second-order valence-corrected chi connectivity index (χ2v) is 5.84. The third-order valence-electron chi connectivity index (χ3n) is 3.17. The van der Waals surface area contributed by atoms with Crippen molar-refractivity contribution in [2.75, 3.05) is 0 Å². The molecule has 0 radical (unpaired) electrons. The summed E-state index contributed by atoms with van der Waals surface area (Å²) in [5.41, 5.74) is 2.05. The Hall–Kier alpha value is -1.52. The average Bonchev–Trinajstić information content (AvgIpc) is 2.40. The minimum atomic E-state index is 0.0779. The molecular weight excluding hydrogens is 318 g/mol. The molecule has 0 aliphatic carbocycles. The first-order valence-electron chi connectivity index (χ1n) is 6.53. The van der Waals surface area contributed by atoms with Crippen LogP contribution in [0.3, 0.4) is 0 Å². The lowest BCUT2D eigenvalue weighted by Crippen LogP contribution is -2.27. The number of nitrogens with one attached hydrogen (secondary N) is 1. The van der Waals surface area contributed by atoms with E-state index in [1.54, 1.807) is 12.1 Å². The summed E-state index contributed by atoms with van der Waals surface area (Å²) in [4.78, 5) is 0. The van der Waals surface area contributed by atoms with Crippen LogP contribution in [0.1, 0.15) is 18.1 Å². The van der Waals surface area contributed by atoms with Gasteiger partial charge in [0.1, 0.15) is 11.5 Å². The van der Waals surface area contributed by atoms with Crippen LogP contribution in [0.5, 0.6) is 11.5 Å². The summed E-state index contributed by atoms with van der Waals surface area (Å²) in [5, 5.41) is 22.3. The summed E-state index contributed by atoms with van der Waals surface area (Å²) in [7, 11) is 0. The third kappa shape index (κ3) is 4.25. The lowest BCUT2D eigenvalue weighted by Gasteiger charge is -2.14. The van der Waals surface area contributed by atoms with E-state index in [-0.39, 0.29) is 11.5 Å². The van der Waals surface area contributed by atoms with Crippen molar-refractivity contribution < 1.29 is 10.2 Å². The highest BCUT2D eigenvalue weighted by atomic mass is 79.9. The van der Waals surface area contributed by atoms with Gasteiger partial charge in [-0.3, -0.25) is 0 Å². The number of phenols is 2. The van der Waals surface area contributed by atoms with Crippen molar-refractivity contribution in [2.45, 2.75) is 25.9 Å². The van der Waals surface area contributed by atoms with Crippen LogP contribution in [0.25, 0.3) is 0 Å². The van der Waals surface area contributed by atoms with Gasteiger partial charge in [0.2, 0.25) is 0 Å². The van der Waals surface area contributed by atoms with Gasteiger partial charge in [0.05, 0.1) is 0 Å². The third-order valence-corrected chi connectivity index (χ3v) is 3.69. The van der Waals surface area contributed by atoms with Crippen molar-refractivity contribution in [1.82, 2.24) is 5.32 Å². The highest BCUT2D eigenvalue weighted by Gasteiger charge is 2.06. The van der Waals surface area contributed by atoms with Crippen LogP contribution in [-0.4, -0.2) is 16.3 Å². The van der Waals surface area contributed by atoms with Crippen LogP contribution in [0.2, 0.25) is 0 Å². The van der Waals surface area contributed by atoms with E-state index in [1.165, 1.54) is 11.6 Å². The van der Waals surface area contributed by atoms with Gasteiger partial charge >= 0.3 is 0 Å². The first-order valence-corrected chi connectivity index (χ1v) is 7.32. The van der Waals surface area contributed by atoms with E-state index in [0.29, 0.717) is 12.6 Å². The zero-order chi connectivity index (χ0) is 14.5. The molecule has 4 heteroatoms. The molecule has 2 aromatic carbocycles. The van der Waals surface area contributed by atoms with E-state index in [4.69, 9.17) is 0 Å². The molecule has 2 rings (SSSR count). The van der Waals surface area contributed by atoms with Gasteiger partial charge in [-0.15, -0.1) is 0 Å². The normalized spacial score (nSPS) is 12.3. The van der Waals surface area contributed by atoms with Crippen molar-refractivity contribution in [3.8, 4) is 11.5 Å². The van der Waals surface area contributed by atoms with Crippen molar-refractivity contribution in [2.24, 2.45) is 0 Å². The Morgan fingerprint density at radius 1 is 1.10 bits per heavy atom. The van der Waals surface area contributed by atoms with E-state index in [2.05, 4.69) is 40.3 Å². The second-order valence-electron chi connectivity index (χ2n) is 4.93. The predicted molar refractivity (Wildman–Crippen MR) is 83.9 cm³/mol. The van der Waals surface area contributed by atoms with Crippen molar-refractivity contribution in [1.29, 1.82) is 0 Å². The molecule has 1 atom stereocenters. The maximum atomic E-state index is 9.72. The van der Waals surface area contributed by atoms with Gasteiger partial charge < -0.3 is 15.5 Å². The molecule has 0 saturated carbocycles. The van der Waals surface area contributed by atoms with Crippen molar-refractivity contribution in [3.05, 3.63) is 58.1 Å². The van der Waals surface area contributed by atoms with Crippen LogP contribution in [0.15, 0.2) is 46.9 Å². The fraction of sp³-hybridized carbons (Fsp3) is 0.250. The van der Waals surface area contributed by atoms with Crippen LogP contribution in [0, 0.1) is 0 Å². The van der Waals surface area contributed by atoms with Gasteiger partial charge in [-0.1, -0.05) is 34.1 Å². The first kappa shape index (κ1) is 14.9. The van der Waals surface area contributed by atoms with E-state index >= 15 is 0 Å². The highest BCUT2D eigenvalue weighted by Crippen LogP contribution is 2.22. The fourth-order valence-corrected chi connectivity index (χ4v) is 2.30. The number of hydrogen-bond acceptors (Lipinski definition) is 3. The van der Waals surface area contributed by atoms with Crippen LogP contribution >= 0.6 is 15.9 Å². The average molecular weight is 336 g/mol. The number of halogens is 1. The maximum absolute atomic E-state index is 9.72. The Morgan fingerprint density at radius 2 is 1.80 bits per heavy atom. The Balaban J connectivity index is 1.88. The maximum Gasteiger partial charge on any atom is 0.123 e. The Bertz CT molecular complexity index is 569. The smallest absolute Gasteiger partial charge is 0.123 e. The topological polar surface area (TPSA) is 52.5 Å². The molecular formula is C16H18BrNO2. The molecule has 0 amide bonds. The molecule has 0 bridgehead atoms. The second kappa shape index (κ2) is 6.77. The van der Waals surface area contributed by atoms with E-state index < -0.39 is 0 Å². The molecule has 2 aromatic rings. The van der Waals surface area contributed by atoms with Gasteiger partial charge in [-0.25, -0.2) is 0 Å². The van der Waals surface area contributed by atoms with Crippen LogP contribution < -0.4 is 5.32 Å². The molecule has 1 unspecified atom stereocenters. The Labute approximate surface area is 127 Å². The first-order chi connectivity index (χ1) is 9.54. The fourth-order valence-electron chi connectivity index (χ4n) is 2.03. The largest absolute Gasteiger partial charge is 0.508 e. The van der Waals surface area contributed by atoms with Gasteiger partial charge in [0.15, 0.2) is 0 Å². The van der Waals surface area contributed by atoms with Gasteiger partial charge in [-0.05, 0) is 37.1 Å². The standard InChI is InChI=1S/C16H18BrNO2/c1-11(8-12-2-5-14(17)6-3-12)18-10-13-4-7-15(19)9-16(13)20/h2-7,9,11,18-20H,8,10H2,1H3. The summed E-state index contributed by atoms with van der Waals surface area (Å²) < 4.78 is 1.08. The number of rotatable bonds is 5. The van der Waals surface area contributed by atoms with Crippen molar-refractivity contribution in [3.63, 3.8) is 0 Å². The number of benzene rings is 2. The van der Waals surface area contributed by atoms with E-state index in [1.807, 2.05) is 12.1 Å². The SMILES string of the molecule is CC(Cc1ccc(Br)cc1)NCc1ccc(O)cc1O. The van der Waals surface area contributed by atoms with Gasteiger partial charge in [-0.2, -0.15) is 0 Å². The summed E-state index contributed by atoms with van der Waals surface area (Å²) in [6.45, 7) is 2.68. The van der Waals surface area contributed by atoms with Crippen molar-refractivity contribution >= 4 is 15.9 Å². The number of hydrogen-bond donors (Lipinski definition) is 3. The summed E-state index contributed by atoms with van der Waals surface area (Å²) >= 11 is 3.42. The van der Waals surface area contributed by atoms with Gasteiger partial charge in [0, 0.05) is 28.7 Å². The summed E-state index contributed by atoms with van der Waals surface area (Å²) in [5.74, 6) is 0.197. The van der Waals surface area contributed by atoms with Gasteiger partial charge in [0.25, 0.3) is 0 Å².